The number of methoxy groups -OCH3 is 1. The third kappa shape index (κ3) is 2.12. The number of hydrogen-bond acceptors (Lipinski definition) is 6. The second-order valence-electron chi connectivity index (χ2n) is 4.59. The topological polar surface area (TPSA) is 61.0 Å². The molecule has 0 saturated carbocycles. The Morgan fingerprint density at radius 3 is 2.57 bits per heavy atom. The first-order valence-electron chi connectivity index (χ1n) is 6.34. The quantitative estimate of drug-likeness (QED) is 0.603. The molecule has 4 rings (SSSR count). The van der Waals surface area contributed by atoms with Gasteiger partial charge in [-0.15, -0.1) is 11.3 Å². The molecule has 0 amide bonds. The second kappa shape index (κ2) is 4.68. The van der Waals surface area contributed by atoms with E-state index in [9.17, 15) is 0 Å². The van der Waals surface area contributed by atoms with Gasteiger partial charge in [0.15, 0.2) is 5.13 Å². The number of rotatable bonds is 2. The van der Waals surface area contributed by atoms with Crippen LogP contribution in [0.2, 0.25) is 0 Å². The first-order chi connectivity index (χ1) is 10.2. The predicted molar refractivity (Wildman–Crippen MR) is 89.2 cm³/mol. The molecule has 6 heteroatoms. The van der Waals surface area contributed by atoms with Crippen LogP contribution in [-0.4, -0.2) is 17.1 Å². The number of aromatic nitrogens is 2. The number of anilines is 1. The van der Waals surface area contributed by atoms with Gasteiger partial charge in [-0.1, -0.05) is 11.3 Å². The summed E-state index contributed by atoms with van der Waals surface area (Å²) >= 11 is 3.15. The number of nitrogens with two attached hydrogens (primary N) is 1. The molecule has 2 aromatic carbocycles. The van der Waals surface area contributed by atoms with Crippen molar-refractivity contribution in [3.63, 3.8) is 0 Å². The van der Waals surface area contributed by atoms with E-state index in [2.05, 4.69) is 16.0 Å². The summed E-state index contributed by atoms with van der Waals surface area (Å²) in [7, 11) is 1.67. The van der Waals surface area contributed by atoms with Crippen molar-refractivity contribution in [3.05, 3.63) is 36.4 Å². The molecule has 4 aromatic rings. The molecule has 0 aliphatic rings. The maximum absolute atomic E-state index is 5.75. The number of nitrogens with zero attached hydrogens (tertiary/aromatic N) is 2. The highest BCUT2D eigenvalue weighted by atomic mass is 32.1. The Morgan fingerprint density at radius 2 is 1.71 bits per heavy atom. The lowest BCUT2D eigenvalue weighted by Crippen LogP contribution is -1.80. The summed E-state index contributed by atoms with van der Waals surface area (Å²) in [5.41, 5.74) is 8.76. The highest BCUT2D eigenvalue weighted by Crippen LogP contribution is 2.34. The lowest BCUT2D eigenvalue weighted by molar-refractivity contribution is 0.415. The molecule has 0 saturated heterocycles. The fourth-order valence-electron chi connectivity index (χ4n) is 2.23. The molecule has 2 heterocycles. The summed E-state index contributed by atoms with van der Waals surface area (Å²) in [5.74, 6) is 0.850. The second-order valence-corrected chi connectivity index (χ2v) is 6.68. The number of benzene rings is 2. The van der Waals surface area contributed by atoms with Crippen LogP contribution in [0.15, 0.2) is 36.4 Å². The minimum atomic E-state index is 0.594. The average molecular weight is 313 g/mol. The van der Waals surface area contributed by atoms with Gasteiger partial charge >= 0.3 is 0 Å². The summed E-state index contributed by atoms with van der Waals surface area (Å²) in [6.45, 7) is 0. The van der Waals surface area contributed by atoms with Crippen LogP contribution in [0.4, 0.5) is 5.13 Å². The number of hydrogen-bond donors (Lipinski definition) is 1. The monoisotopic (exact) mass is 313 g/mol. The van der Waals surface area contributed by atoms with Crippen molar-refractivity contribution in [1.29, 1.82) is 0 Å². The lowest BCUT2D eigenvalue weighted by Gasteiger charge is -1.96. The van der Waals surface area contributed by atoms with E-state index < -0.39 is 0 Å². The Bertz CT molecular complexity index is 958. The molecule has 104 valence electrons. The number of fused-ring (bicyclic) bond motifs is 2. The fourth-order valence-corrected chi connectivity index (χ4v) is 3.99. The lowest BCUT2D eigenvalue weighted by atomic mass is 10.2. The molecule has 0 bridgehead atoms. The first-order valence-corrected chi connectivity index (χ1v) is 7.97. The molecule has 4 nitrogen and oxygen atoms in total. The molecule has 0 aliphatic heterocycles. The summed E-state index contributed by atoms with van der Waals surface area (Å²) in [4.78, 5) is 8.96. The maximum Gasteiger partial charge on any atom is 0.181 e. The molecule has 0 atom stereocenters. The van der Waals surface area contributed by atoms with Crippen molar-refractivity contribution in [3.8, 4) is 16.3 Å². The molecule has 0 unspecified atom stereocenters. The van der Waals surface area contributed by atoms with Crippen molar-refractivity contribution < 1.29 is 4.74 Å². The van der Waals surface area contributed by atoms with E-state index in [4.69, 9.17) is 10.5 Å². The van der Waals surface area contributed by atoms with Crippen molar-refractivity contribution in [2.24, 2.45) is 0 Å². The van der Waals surface area contributed by atoms with Gasteiger partial charge in [-0.3, -0.25) is 0 Å². The maximum atomic E-state index is 5.75. The fraction of sp³-hybridized carbons (Fsp3) is 0.0667. The Hall–Kier alpha value is -2.18. The van der Waals surface area contributed by atoms with E-state index >= 15 is 0 Å². The molecule has 2 N–H and O–H groups in total. The molecule has 0 spiro atoms. The number of nitrogen functional groups attached to an aromatic ring is 1. The van der Waals surface area contributed by atoms with Gasteiger partial charge in [-0.25, -0.2) is 9.97 Å². The molecular formula is C15H11N3OS2. The van der Waals surface area contributed by atoms with Gasteiger partial charge in [0.25, 0.3) is 0 Å². The average Bonchev–Trinajstić information content (AvgIpc) is 3.07. The summed E-state index contributed by atoms with van der Waals surface area (Å²) < 4.78 is 7.46. The van der Waals surface area contributed by atoms with E-state index in [1.807, 2.05) is 30.3 Å². The van der Waals surface area contributed by atoms with Crippen LogP contribution in [0.25, 0.3) is 31.0 Å². The van der Waals surface area contributed by atoms with Crippen LogP contribution in [0.1, 0.15) is 0 Å². The third-order valence-electron chi connectivity index (χ3n) is 3.25. The van der Waals surface area contributed by atoms with E-state index in [0.29, 0.717) is 5.13 Å². The predicted octanol–water partition coefficient (Wildman–Crippen LogP) is 4.16. The van der Waals surface area contributed by atoms with Crippen LogP contribution in [0.3, 0.4) is 0 Å². The minimum Gasteiger partial charge on any atom is -0.497 e. The Labute approximate surface area is 128 Å². The van der Waals surface area contributed by atoms with Gasteiger partial charge in [0.05, 0.1) is 27.5 Å². The Kier molecular flexibility index (Phi) is 2.80. The van der Waals surface area contributed by atoms with Gasteiger partial charge in [-0.05, 0) is 36.4 Å². The van der Waals surface area contributed by atoms with Crippen LogP contribution < -0.4 is 10.5 Å². The zero-order valence-electron chi connectivity index (χ0n) is 11.2. The minimum absolute atomic E-state index is 0.594. The Balaban J connectivity index is 1.86. The molecule has 0 radical (unpaired) electrons. The van der Waals surface area contributed by atoms with Crippen molar-refractivity contribution in [2.45, 2.75) is 0 Å². The normalized spacial score (nSPS) is 11.3. The molecule has 0 fully saturated rings. The summed E-state index contributed by atoms with van der Waals surface area (Å²) in [5, 5.41) is 1.59. The van der Waals surface area contributed by atoms with Crippen LogP contribution in [-0.2, 0) is 0 Å². The van der Waals surface area contributed by atoms with Crippen molar-refractivity contribution in [1.82, 2.24) is 9.97 Å². The summed E-state index contributed by atoms with van der Waals surface area (Å²) in [6, 6.07) is 12.1. The number of ether oxygens (including phenoxy) is 1. The smallest absolute Gasteiger partial charge is 0.181 e. The SMILES string of the molecule is COc1ccc2nc(-c3ccc4nc(N)sc4c3)sc2c1. The van der Waals surface area contributed by atoms with E-state index in [-0.39, 0.29) is 0 Å². The zero-order valence-corrected chi connectivity index (χ0v) is 12.8. The molecule has 2 aromatic heterocycles. The van der Waals surface area contributed by atoms with Crippen molar-refractivity contribution >= 4 is 48.2 Å². The molecule has 0 aliphatic carbocycles. The number of thiazole rings is 2. The highest BCUT2D eigenvalue weighted by molar-refractivity contribution is 7.22. The van der Waals surface area contributed by atoms with E-state index in [0.717, 1.165) is 36.8 Å². The largest absolute Gasteiger partial charge is 0.497 e. The third-order valence-corrected chi connectivity index (χ3v) is 5.16. The van der Waals surface area contributed by atoms with Gasteiger partial charge in [0, 0.05) is 5.56 Å². The van der Waals surface area contributed by atoms with E-state index in [1.54, 1.807) is 18.4 Å². The molecule has 21 heavy (non-hydrogen) atoms. The van der Waals surface area contributed by atoms with Gasteiger partial charge in [0.2, 0.25) is 0 Å². The standard InChI is InChI=1S/C15H11N3OS2/c1-19-9-3-5-10-13(7-9)20-14(17-10)8-2-4-11-12(6-8)21-15(16)18-11/h2-7H,1H3,(H2,16,18). The Morgan fingerprint density at radius 1 is 0.952 bits per heavy atom. The van der Waals surface area contributed by atoms with E-state index in [1.165, 1.54) is 11.3 Å². The van der Waals surface area contributed by atoms with Gasteiger partial charge in [-0.2, -0.15) is 0 Å². The molecular weight excluding hydrogens is 302 g/mol. The van der Waals surface area contributed by atoms with Crippen LogP contribution in [0.5, 0.6) is 5.75 Å². The summed E-state index contributed by atoms with van der Waals surface area (Å²) in [6.07, 6.45) is 0. The van der Waals surface area contributed by atoms with Crippen LogP contribution in [0, 0.1) is 0 Å². The van der Waals surface area contributed by atoms with Crippen molar-refractivity contribution in [2.75, 3.05) is 12.8 Å². The highest BCUT2D eigenvalue weighted by Gasteiger charge is 2.09. The first kappa shape index (κ1) is 12.6. The van der Waals surface area contributed by atoms with Gasteiger partial charge < -0.3 is 10.5 Å². The zero-order chi connectivity index (χ0) is 14.4. The van der Waals surface area contributed by atoms with Gasteiger partial charge in [0.1, 0.15) is 10.8 Å². The van der Waals surface area contributed by atoms with Crippen LogP contribution >= 0.6 is 22.7 Å².